The lowest BCUT2D eigenvalue weighted by atomic mass is 10.3. The molecule has 0 bridgehead atoms. The standard InChI is InChI=1S/C8H16N2.C7H10N2.C2H6/c1-8(2)10-6-4-9(3)5-7-10;1-8-6-7-2-4-9-5-3-7;1-2/h1,4-7H2,2-3H3;2-5,8H,6H2,1H3;1-2H3. The van der Waals surface area contributed by atoms with Crippen LogP contribution in [-0.4, -0.2) is 55.1 Å². The first-order chi connectivity index (χ1) is 10.1. The lowest BCUT2D eigenvalue weighted by molar-refractivity contribution is 0.187. The Kier molecular flexibility index (Phi) is 11.5. The summed E-state index contributed by atoms with van der Waals surface area (Å²) >= 11 is 0. The molecule has 0 radical (unpaired) electrons. The summed E-state index contributed by atoms with van der Waals surface area (Å²) in [4.78, 5) is 8.58. The van der Waals surface area contributed by atoms with Crippen LogP contribution < -0.4 is 5.32 Å². The minimum Gasteiger partial charge on any atom is -0.373 e. The molecule has 1 aromatic heterocycles. The van der Waals surface area contributed by atoms with E-state index in [4.69, 9.17) is 0 Å². The molecule has 0 amide bonds. The Balaban J connectivity index is 0.000000342. The second-order valence-electron chi connectivity index (χ2n) is 4.91. The molecule has 0 atom stereocenters. The molecule has 120 valence electrons. The molecule has 4 heteroatoms. The summed E-state index contributed by atoms with van der Waals surface area (Å²) < 4.78 is 0. The molecular weight excluding hydrogens is 260 g/mol. The molecule has 2 heterocycles. The minimum absolute atomic E-state index is 0.919. The van der Waals surface area contributed by atoms with E-state index in [2.05, 4.69) is 40.7 Å². The maximum Gasteiger partial charge on any atom is 0.0302 e. The van der Waals surface area contributed by atoms with Gasteiger partial charge in [-0.05, 0) is 38.7 Å². The normalized spacial score (nSPS) is 14.4. The van der Waals surface area contributed by atoms with Crippen LogP contribution in [0.2, 0.25) is 0 Å². The molecule has 1 fully saturated rings. The van der Waals surface area contributed by atoms with Gasteiger partial charge in [0.2, 0.25) is 0 Å². The van der Waals surface area contributed by atoms with E-state index in [0.29, 0.717) is 0 Å². The molecule has 2 rings (SSSR count). The van der Waals surface area contributed by atoms with Gasteiger partial charge in [0.05, 0.1) is 0 Å². The van der Waals surface area contributed by atoms with Gasteiger partial charge in [-0.15, -0.1) is 0 Å². The van der Waals surface area contributed by atoms with Crippen molar-refractivity contribution in [1.29, 1.82) is 0 Å². The van der Waals surface area contributed by atoms with E-state index in [1.54, 1.807) is 12.4 Å². The summed E-state index contributed by atoms with van der Waals surface area (Å²) in [5, 5.41) is 3.06. The van der Waals surface area contributed by atoms with E-state index in [1.807, 2.05) is 33.0 Å². The molecule has 4 nitrogen and oxygen atoms in total. The van der Waals surface area contributed by atoms with Crippen LogP contribution in [0.5, 0.6) is 0 Å². The van der Waals surface area contributed by atoms with Crippen LogP contribution in [0.4, 0.5) is 0 Å². The van der Waals surface area contributed by atoms with Crippen LogP contribution in [0.3, 0.4) is 0 Å². The zero-order valence-electron chi connectivity index (χ0n) is 14.4. The van der Waals surface area contributed by atoms with Crippen molar-refractivity contribution >= 4 is 0 Å². The van der Waals surface area contributed by atoms with Gasteiger partial charge in [0, 0.05) is 50.8 Å². The van der Waals surface area contributed by atoms with Crippen LogP contribution in [0.15, 0.2) is 36.8 Å². The van der Waals surface area contributed by atoms with E-state index in [0.717, 1.165) is 19.6 Å². The Bertz CT molecular complexity index is 356. The third-order valence-corrected chi connectivity index (χ3v) is 3.17. The lowest BCUT2D eigenvalue weighted by Crippen LogP contribution is -2.43. The Morgan fingerprint density at radius 1 is 1.19 bits per heavy atom. The Hall–Kier alpha value is -1.39. The van der Waals surface area contributed by atoms with Crippen molar-refractivity contribution < 1.29 is 0 Å². The number of piperazine rings is 1. The third-order valence-electron chi connectivity index (χ3n) is 3.17. The smallest absolute Gasteiger partial charge is 0.0302 e. The SMILES string of the molecule is C=C(C)N1CCN(C)CC1.CC.CNCc1ccncc1. The van der Waals surface area contributed by atoms with Crippen molar-refractivity contribution in [1.82, 2.24) is 20.1 Å². The molecule has 1 saturated heterocycles. The minimum atomic E-state index is 0.919. The predicted octanol–water partition coefficient (Wildman–Crippen LogP) is 2.59. The summed E-state index contributed by atoms with van der Waals surface area (Å²) in [6.45, 7) is 15.5. The van der Waals surface area contributed by atoms with Crippen LogP contribution in [0, 0.1) is 0 Å². The van der Waals surface area contributed by atoms with Gasteiger partial charge in [-0.3, -0.25) is 4.98 Å². The van der Waals surface area contributed by atoms with E-state index < -0.39 is 0 Å². The fraction of sp³-hybridized carbons (Fsp3) is 0.588. The first-order valence-electron chi connectivity index (χ1n) is 7.76. The largest absolute Gasteiger partial charge is 0.373 e. The van der Waals surface area contributed by atoms with Gasteiger partial charge in [-0.25, -0.2) is 0 Å². The number of allylic oxidation sites excluding steroid dienone is 1. The van der Waals surface area contributed by atoms with Gasteiger partial charge in [-0.2, -0.15) is 0 Å². The van der Waals surface area contributed by atoms with Gasteiger partial charge in [0.15, 0.2) is 0 Å². The van der Waals surface area contributed by atoms with E-state index in [1.165, 1.54) is 24.4 Å². The molecule has 0 unspecified atom stereocenters. The van der Waals surface area contributed by atoms with Gasteiger partial charge in [-0.1, -0.05) is 20.4 Å². The zero-order valence-corrected chi connectivity index (χ0v) is 14.4. The highest BCUT2D eigenvalue weighted by molar-refractivity contribution is 5.08. The van der Waals surface area contributed by atoms with Crippen LogP contribution >= 0.6 is 0 Å². The maximum atomic E-state index is 3.91. The van der Waals surface area contributed by atoms with Crippen LogP contribution in [0.25, 0.3) is 0 Å². The van der Waals surface area contributed by atoms with E-state index in [9.17, 15) is 0 Å². The molecular formula is C17H32N4. The number of nitrogens with one attached hydrogen (secondary N) is 1. The summed E-state index contributed by atoms with van der Waals surface area (Å²) in [6.07, 6.45) is 3.60. The molecule has 0 aliphatic carbocycles. The summed E-state index contributed by atoms with van der Waals surface area (Å²) in [7, 11) is 4.09. The maximum absolute atomic E-state index is 3.91. The lowest BCUT2D eigenvalue weighted by Gasteiger charge is -2.33. The highest BCUT2D eigenvalue weighted by atomic mass is 15.2. The van der Waals surface area contributed by atoms with Crippen molar-refractivity contribution in [3.8, 4) is 0 Å². The highest BCUT2D eigenvalue weighted by Crippen LogP contribution is 2.04. The molecule has 1 aliphatic rings. The topological polar surface area (TPSA) is 31.4 Å². The first-order valence-corrected chi connectivity index (χ1v) is 7.76. The zero-order chi connectivity index (χ0) is 16.1. The second kappa shape index (κ2) is 12.4. The Labute approximate surface area is 130 Å². The molecule has 0 aromatic carbocycles. The average Bonchev–Trinajstić information content (AvgIpc) is 2.52. The van der Waals surface area contributed by atoms with Gasteiger partial charge in [0.1, 0.15) is 0 Å². The summed E-state index contributed by atoms with van der Waals surface area (Å²) in [6, 6.07) is 3.99. The molecule has 0 saturated carbocycles. The number of likely N-dealkylation sites (N-methyl/N-ethyl adjacent to an activating group) is 1. The fourth-order valence-electron chi connectivity index (χ4n) is 1.89. The Morgan fingerprint density at radius 3 is 2.14 bits per heavy atom. The van der Waals surface area contributed by atoms with Gasteiger partial charge in [0.25, 0.3) is 0 Å². The number of aromatic nitrogens is 1. The van der Waals surface area contributed by atoms with Crippen molar-refractivity contribution in [3.05, 3.63) is 42.4 Å². The second-order valence-corrected chi connectivity index (χ2v) is 4.91. The number of hydrogen-bond acceptors (Lipinski definition) is 4. The van der Waals surface area contributed by atoms with E-state index in [-0.39, 0.29) is 0 Å². The molecule has 0 spiro atoms. The average molecular weight is 292 g/mol. The fourth-order valence-corrected chi connectivity index (χ4v) is 1.89. The quantitative estimate of drug-likeness (QED) is 0.928. The summed E-state index contributed by atoms with van der Waals surface area (Å²) in [5.41, 5.74) is 2.47. The highest BCUT2D eigenvalue weighted by Gasteiger charge is 2.11. The van der Waals surface area contributed by atoms with E-state index >= 15 is 0 Å². The van der Waals surface area contributed by atoms with Gasteiger partial charge >= 0.3 is 0 Å². The molecule has 1 N–H and O–H groups in total. The molecule has 1 aliphatic heterocycles. The monoisotopic (exact) mass is 292 g/mol. The Morgan fingerprint density at radius 2 is 1.71 bits per heavy atom. The van der Waals surface area contributed by atoms with Crippen molar-refractivity contribution in [2.75, 3.05) is 40.3 Å². The molecule has 1 aromatic rings. The number of rotatable bonds is 3. The molecule has 21 heavy (non-hydrogen) atoms. The first kappa shape index (κ1) is 19.6. The number of hydrogen-bond donors (Lipinski definition) is 1. The van der Waals surface area contributed by atoms with Crippen molar-refractivity contribution in [2.24, 2.45) is 0 Å². The third kappa shape index (κ3) is 9.21. The van der Waals surface area contributed by atoms with Crippen molar-refractivity contribution in [2.45, 2.75) is 27.3 Å². The van der Waals surface area contributed by atoms with Gasteiger partial charge < -0.3 is 15.1 Å². The number of nitrogens with zero attached hydrogens (tertiary/aromatic N) is 3. The predicted molar refractivity (Wildman–Crippen MR) is 92.2 cm³/mol. The van der Waals surface area contributed by atoms with Crippen LogP contribution in [0.1, 0.15) is 26.3 Å². The van der Waals surface area contributed by atoms with Crippen molar-refractivity contribution in [3.63, 3.8) is 0 Å². The van der Waals surface area contributed by atoms with Crippen LogP contribution in [-0.2, 0) is 6.54 Å². The number of pyridine rings is 1. The summed E-state index contributed by atoms with van der Waals surface area (Å²) in [5.74, 6) is 0.